The average molecular weight is 369 g/mol. The highest BCUT2D eigenvalue weighted by Gasteiger charge is 2.21. The van der Waals surface area contributed by atoms with E-state index in [9.17, 15) is 14.9 Å². The fourth-order valence-electron chi connectivity index (χ4n) is 2.27. The van der Waals surface area contributed by atoms with Crippen LogP contribution in [0.1, 0.15) is 29.3 Å². The molecular formula is C18H15N3O6. The standard InChI is InChI=1S/C18H15N3O6/c1-11(26-18(22)13-4-3-5-14(10-13)21(23)24)16-19-20-17(27-16)12-6-8-15(25-2)9-7-12/h3-11H,1-2H3. The van der Waals surface area contributed by atoms with Crippen LogP contribution in [-0.4, -0.2) is 28.2 Å². The maximum Gasteiger partial charge on any atom is 0.339 e. The number of carbonyl (C=O) groups excluding carboxylic acids is 1. The lowest BCUT2D eigenvalue weighted by Gasteiger charge is -2.09. The highest BCUT2D eigenvalue weighted by Crippen LogP contribution is 2.25. The molecule has 1 unspecified atom stereocenters. The van der Waals surface area contributed by atoms with Crippen LogP contribution in [0.5, 0.6) is 5.75 Å². The minimum absolute atomic E-state index is 0.0611. The van der Waals surface area contributed by atoms with E-state index in [1.807, 2.05) is 0 Å². The van der Waals surface area contributed by atoms with E-state index >= 15 is 0 Å². The van der Waals surface area contributed by atoms with E-state index in [0.29, 0.717) is 11.3 Å². The van der Waals surface area contributed by atoms with Crippen molar-refractivity contribution in [1.82, 2.24) is 10.2 Å². The first kappa shape index (κ1) is 18.1. The Kier molecular flexibility index (Phi) is 5.11. The number of nitro groups is 1. The molecule has 0 N–H and O–H groups in total. The molecule has 1 aromatic heterocycles. The quantitative estimate of drug-likeness (QED) is 0.368. The maximum absolute atomic E-state index is 12.2. The van der Waals surface area contributed by atoms with Crippen molar-refractivity contribution >= 4 is 11.7 Å². The van der Waals surface area contributed by atoms with Gasteiger partial charge < -0.3 is 13.9 Å². The zero-order chi connectivity index (χ0) is 19.4. The molecular weight excluding hydrogens is 354 g/mol. The van der Waals surface area contributed by atoms with Crippen molar-refractivity contribution in [2.45, 2.75) is 13.0 Å². The monoisotopic (exact) mass is 369 g/mol. The fraction of sp³-hybridized carbons (Fsp3) is 0.167. The Hall–Kier alpha value is -3.75. The van der Waals surface area contributed by atoms with Gasteiger partial charge in [-0.05, 0) is 37.3 Å². The van der Waals surface area contributed by atoms with Crippen LogP contribution in [0.4, 0.5) is 5.69 Å². The Morgan fingerprint density at radius 1 is 1.19 bits per heavy atom. The number of carbonyl (C=O) groups is 1. The maximum atomic E-state index is 12.2. The molecule has 0 bridgehead atoms. The van der Waals surface area contributed by atoms with Crippen molar-refractivity contribution < 1.29 is 23.6 Å². The van der Waals surface area contributed by atoms with Gasteiger partial charge in [-0.25, -0.2) is 4.79 Å². The summed E-state index contributed by atoms with van der Waals surface area (Å²) in [6.45, 7) is 1.57. The van der Waals surface area contributed by atoms with Gasteiger partial charge >= 0.3 is 5.97 Å². The molecule has 2 aromatic carbocycles. The van der Waals surface area contributed by atoms with Crippen LogP contribution >= 0.6 is 0 Å². The van der Waals surface area contributed by atoms with Crippen molar-refractivity contribution in [3.8, 4) is 17.2 Å². The molecule has 27 heavy (non-hydrogen) atoms. The highest BCUT2D eigenvalue weighted by molar-refractivity contribution is 5.90. The number of benzene rings is 2. The summed E-state index contributed by atoms with van der Waals surface area (Å²) in [6.07, 6.45) is -0.823. The van der Waals surface area contributed by atoms with Gasteiger partial charge in [-0.3, -0.25) is 10.1 Å². The van der Waals surface area contributed by atoms with Gasteiger partial charge in [0.15, 0.2) is 6.10 Å². The van der Waals surface area contributed by atoms with Crippen molar-refractivity contribution in [3.63, 3.8) is 0 Å². The summed E-state index contributed by atoms with van der Waals surface area (Å²) in [5.41, 5.74) is 0.550. The number of esters is 1. The normalized spacial score (nSPS) is 11.6. The molecule has 3 rings (SSSR count). The zero-order valence-corrected chi connectivity index (χ0v) is 14.5. The third-order valence-electron chi connectivity index (χ3n) is 3.70. The first-order valence-electron chi connectivity index (χ1n) is 7.91. The predicted octanol–water partition coefficient (Wildman–Crippen LogP) is 3.57. The molecule has 0 fully saturated rings. The molecule has 9 nitrogen and oxygen atoms in total. The van der Waals surface area contributed by atoms with Crippen LogP contribution in [0, 0.1) is 10.1 Å². The van der Waals surface area contributed by atoms with Crippen molar-refractivity contribution in [2.75, 3.05) is 7.11 Å². The van der Waals surface area contributed by atoms with E-state index in [1.165, 1.54) is 18.2 Å². The third kappa shape index (κ3) is 4.09. The number of ether oxygens (including phenoxy) is 2. The number of hydrogen-bond donors (Lipinski definition) is 0. The van der Waals surface area contributed by atoms with E-state index in [1.54, 1.807) is 38.3 Å². The van der Waals surface area contributed by atoms with Crippen LogP contribution in [0.15, 0.2) is 52.9 Å². The van der Waals surface area contributed by atoms with Crippen LogP contribution in [-0.2, 0) is 4.74 Å². The highest BCUT2D eigenvalue weighted by atomic mass is 16.6. The second-order valence-corrected chi connectivity index (χ2v) is 5.53. The molecule has 0 saturated heterocycles. The van der Waals surface area contributed by atoms with Crippen molar-refractivity contribution in [1.29, 1.82) is 0 Å². The Labute approximate surface area is 153 Å². The minimum Gasteiger partial charge on any atom is -0.497 e. The van der Waals surface area contributed by atoms with Crippen molar-refractivity contribution in [3.05, 3.63) is 70.1 Å². The van der Waals surface area contributed by atoms with Gasteiger partial charge in [0.25, 0.3) is 11.6 Å². The second kappa shape index (κ2) is 7.65. The van der Waals surface area contributed by atoms with E-state index < -0.39 is 17.0 Å². The number of nitro benzene ring substituents is 1. The largest absolute Gasteiger partial charge is 0.497 e. The molecule has 9 heteroatoms. The third-order valence-corrected chi connectivity index (χ3v) is 3.70. The Morgan fingerprint density at radius 2 is 1.93 bits per heavy atom. The van der Waals surface area contributed by atoms with Crippen LogP contribution < -0.4 is 4.74 Å². The Bertz CT molecular complexity index is 967. The summed E-state index contributed by atoms with van der Waals surface area (Å²) >= 11 is 0. The molecule has 0 saturated carbocycles. The van der Waals surface area contributed by atoms with E-state index in [0.717, 1.165) is 6.07 Å². The number of non-ortho nitro benzene ring substituents is 1. The van der Waals surface area contributed by atoms with Gasteiger partial charge in [-0.1, -0.05) is 6.07 Å². The molecule has 1 atom stereocenters. The SMILES string of the molecule is COc1ccc(-c2nnc(C(C)OC(=O)c3cccc([N+](=O)[O-])c3)o2)cc1. The first-order valence-corrected chi connectivity index (χ1v) is 7.91. The summed E-state index contributed by atoms with van der Waals surface area (Å²) in [6, 6.07) is 12.3. The number of methoxy groups -OCH3 is 1. The van der Waals surface area contributed by atoms with Crippen molar-refractivity contribution in [2.24, 2.45) is 0 Å². The number of nitrogens with zero attached hydrogens (tertiary/aromatic N) is 3. The molecule has 138 valence electrons. The summed E-state index contributed by atoms with van der Waals surface area (Å²) in [5, 5.41) is 18.6. The summed E-state index contributed by atoms with van der Waals surface area (Å²) in [7, 11) is 1.57. The lowest BCUT2D eigenvalue weighted by atomic mass is 10.2. The molecule has 0 radical (unpaired) electrons. The topological polar surface area (TPSA) is 118 Å². The first-order chi connectivity index (χ1) is 13.0. The second-order valence-electron chi connectivity index (χ2n) is 5.53. The lowest BCUT2D eigenvalue weighted by molar-refractivity contribution is -0.384. The summed E-state index contributed by atoms with van der Waals surface area (Å²) in [4.78, 5) is 22.4. The zero-order valence-electron chi connectivity index (χ0n) is 14.5. The molecule has 0 amide bonds. The smallest absolute Gasteiger partial charge is 0.339 e. The summed E-state index contributed by atoms with van der Waals surface area (Å²) in [5.74, 6) is 0.346. The van der Waals surface area contributed by atoms with Crippen LogP contribution in [0.25, 0.3) is 11.5 Å². The van der Waals surface area contributed by atoms with Gasteiger partial charge in [-0.15, -0.1) is 10.2 Å². The number of aromatic nitrogens is 2. The molecule has 3 aromatic rings. The Morgan fingerprint density at radius 3 is 2.59 bits per heavy atom. The van der Waals surface area contributed by atoms with Gasteiger partial charge in [0.05, 0.1) is 17.6 Å². The lowest BCUT2D eigenvalue weighted by Crippen LogP contribution is -2.09. The average Bonchev–Trinajstić information content (AvgIpc) is 3.18. The van der Waals surface area contributed by atoms with Gasteiger partial charge in [0, 0.05) is 17.7 Å². The van der Waals surface area contributed by atoms with E-state index in [4.69, 9.17) is 13.9 Å². The number of rotatable bonds is 6. The minimum atomic E-state index is -0.823. The molecule has 0 aliphatic heterocycles. The van der Waals surface area contributed by atoms with Gasteiger partial charge in [0.1, 0.15) is 5.75 Å². The molecule has 0 aliphatic rings. The van der Waals surface area contributed by atoms with Gasteiger partial charge in [0.2, 0.25) is 5.89 Å². The van der Waals surface area contributed by atoms with Gasteiger partial charge in [-0.2, -0.15) is 0 Å². The van der Waals surface area contributed by atoms with Crippen LogP contribution in [0.2, 0.25) is 0 Å². The van der Waals surface area contributed by atoms with E-state index in [2.05, 4.69) is 10.2 Å². The fourth-order valence-corrected chi connectivity index (χ4v) is 2.27. The number of hydrogen-bond acceptors (Lipinski definition) is 8. The summed E-state index contributed by atoms with van der Waals surface area (Å²) < 4.78 is 15.9. The van der Waals surface area contributed by atoms with E-state index in [-0.39, 0.29) is 23.0 Å². The predicted molar refractivity (Wildman–Crippen MR) is 93.2 cm³/mol. The Balaban J connectivity index is 1.72. The molecule has 0 aliphatic carbocycles. The molecule has 0 spiro atoms. The van der Waals surface area contributed by atoms with Crippen LogP contribution in [0.3, 0.4) is 0 Å². The molecule has 1 heterocycles.